The summed E-state index contributed by atoms with van der Waals surface area (Å²) in [6, 6.07) is 14.2. The summed E-state index contributed by atoms with van der Waals surface area (Å²) in [5.74, 6) is 0.188. The van der Waals surface area contributed by atoms with Crippen molar-refractivity contribution in [2.45, 2.75) is 31.6 Å². The van der Waals surface area contributed by atoms with Crippen LogP contribution in [0.5, 0.6) is 0 Å². The molecule has 0 fully saturated rings. The van der Waals surface area contributed by atoms with Gasteiger partial charge in [0.1, 0.15) is 10.7 Å². The second-order valence-electron chi connectivity index (χ2n) is 6.56. The SMILES string of the molecule is Cc1ccc(NC(=O)CC(C)CC2=NS(=O)(=O)c3ccccc3N2)cc1. The van der Waals surface area contributed by atoms with Gasteiger partial charge in [0.25, 0.3) is 10.0 Å². The van der Waals surface area contributed by atoms with E-state index < -0.39 is 10.0 Å². The summed E-state index contributed by atoms with van der Waals surface area (Å²) >= 11 is 0. The Bertz CT molecular complexity index is 950. The fourth-order valence-corrected chi connectivity index (χ4v) is 3.98. The Hall–Kier alpha value is -2.67. The maximum absolute atomic E-state index is 12.2. The zero-order chi connectivity index (χ0) is 18.7. The van der Waals surface area contributed by atoms with Gasteiger partial charge in [-0.1, -0.05) is 36.8 Å². The zero-order valence-corrected chi connectivity index (χ0v) is 15.5. The van der Waals surface area contributed by atoms with Crippen LogP contribution in [-0.2, 0) is 14.8 Å². The van der Waals surface area contributed by atoms with Crippen LogP contribution in [0.3, 0.4) is 0 Å². The Labute approximate surface area is 153 Å². The number of amides is 1. The molecule has 7 heteroatoms. The lowest BCUT2D eigenvalue weighted by atomic mass is 10.0. The fourth-order valence-electron chi connectivity index (χ4n) is 2.82. The number of nitrogens with one attached hydrogen (secondary N) is 2. The summed E-state index contributed by atoms with van der Waals surface area (Å²) in [7, 11) is -3.69. The van der Waals surface area contributed by atoms with Gasteiger partial charge in [-0.15, -0.1) is 4.40 Å². The predicted molar refractivity (Wildman–Crippen MR) is 103 cm³/mol. The standard InChI is InChI=1S/C19H21N3O3S/c1-13-7-9-15(10-8-13)20-19(23)12-14(2)11-18-21-16-5-3-4-6-17(16)26(24,25)22-18/h3-10,14H,11-12H2,1-2H3,(H,20,23)(H,21,22). The van der Waals surface area contributed by atoms with Crippen molar-refractivity contribution in [2.24, 2.45) is 10.3 Å². The number of benzene rings is 2. The molecule has 2 aromatic carbocycles. The van der Waals surface area contributed by atoms with Gasteiger partial charge in [0.15, 0.2) is 0 Å². The van der Waals surface area contributed by atoms with E-state index in [0.717, 1.165) is 11.3 Å². The lowest BCUT2D eigenvalue weighted by Gasteiger charge is -2.20. The minimum Gasteiger partial charge on any atom is -0.342 e. The van der Waals surface area contributed by atoms with Crippen LogP contribution in [0.2, 0.25) is 0 Å². The summed E-state index contributed by atoms with van der Waals surface area (Å²) in [4.78, 5) is 12.4. The highest BCUT2D eigenvalue weighted by atomic mass is 32.2. The number of nitrogens with zero attached hydrogens (tertiary/aromatic N) is 1. The third-order valence-electron chi connectivity index (χ3n) is 4.09. The first-order valence-corrected chi connectivity index (χ1v) is 9.84. The number of para-hydroxylation sites is 1. The van der Waals surface area contributed by atoms with Crippen molar-refractivity contribution in [3.63, 3.8) is 0 Å². The average Bonchev–Trinajstić information content (AvgIpc) is 2.56. The molecule has 1 amide bonds. The lowest BCUT2D eigenvalue weighted by Crippen LogP contribution is -2.25. The largest absolute Gasteiger partial charge is 0.342 e. The highest BCUT2D eigenvalue weighted by Gasteiger charge is 2.25. The zero-order valence-electron chi connectivity index (χ0n) is 14.7. The van der Waals surface area contributed by atoms with Gasteiger partial charge < -0.3 is 10.6 Å². The molecule has 1 heterocycles. The van der Waals surface area contributed by atoms with Crippen LogP contribution in [0.25, 0.3) is 0 Å². The molecule has 2 N–H and O–H groups in total. The number of carbonyl (C=O) groups excluding carboxylic acids is 1. The number of carbonyl (C=O) groups is 1. The Morgan fingerprint density at radius 3 is 2.58 bits per heavy atom. The number of anilines is 2. The Kier molecular flexibility index (Phi) is 5.08. The van der Waals surface area contributed by atoms with E-state index in [2.05, 4.69) is 15.0 Å². The quantitative estimate of drug-likeness (QED) is 0.841. The molecule has 0 bridgehead atoms. The topological polar surface area (TPSA) is 87.6 Å². The smallest absolute Gasteiger partial charge is 0.286 e. The number of hydrogen-bond donors (Lipinski definition) is 2. The number of fused-ring (bicyclic) bond motifs is 1. The van der Waals surface area contributed by atoms with Gasteiger partial charge in [-0.2, -0.15) is 8.42 Å². The molecule has 136 valence electrons. The Balaban J connectivity index is 1.61. The van der Waals surface area contributed by atoms with E-state index in [1.165, 1.54) is 6.07 Å². The maximum atomic E-state index is 12.2. The van der Waals surface area contributed by atoms with E-state index in [9.17, 15) is 13.2 Å². The molecule has 1 unspecified atom stereocenters. The lowest BCUT2D eigenvalue weighted by molar-refractivity contribution is -0.116. The number of hydrogen-bond acceptors (Lipinski definition) is 4. The molecule has 0 aromatic heterocycles. The van der Waals surface area contributed by atoms with Crippen molar-refractivity contribution in [2.75, 3.05) is 10.6 Å². The average molecular weight is 371 g/mol. The van der Waals surface area contributed by atoms with Crippen molar-refractivity contribution >= 4 is 33.1 Å². The van der Waals surface area contributed by atoms with E-state index >= 15 is 0 Å². The Morgan fingerprint density at radius 1 is 1.15 bits per heavy atom. The van der Waals surface area contributed by atoms with Gasteiger partial charge in [-0.3, -0.25) is 4.79 Å². The van der Waals surface area contributed by atoms with Crippen LogP contribution in [0.15, 0.2) is 57.8 Å². The van der Waals surface area contributed by atoms with Crippen LogP contribution in [0.1, 0.15) is 25.3 Å². The first kappa shape index (κ1) is 18.1. The number of sulfonamides is 1. The summed E-state index contributed by atoms with van der Waals surface area (Å²) in [6.07, 6.45) is 0.644. The van der Waals surface area contributed by atoms with Crippen LogP contribution in [0, 0.1) is 12.8 Å². The molecular weight excluding hydrogens is 350 g/mol. The van der Waals surface area contributed by atoms with Crippen LogP contribution < -0.4 is 10.6 Å². The summed E-state index contributed by atoms with van der Waals surface area (Å²) in [5, 5.41) is 5.90. The second kappa shape index (κ2) is 7.29. The Morgan fingerprint density at radius 2 is 1.85 bits per heavy atom. The highest BCUT2D eigenvalue weighted by Crippen LogP contribution is 2.28. The first-order chi connectivity index (χ1) is 12.3. The molecule has 0 aliphatic carbocycles. The van der Waals surface area contributed by atoms with Gasteiger partial charge >= 0.3 is 0 Å². The molecule has 2 aromatic rings. The van der Waals surface area contributed by atoms with Gasteiger partial charge in [0, 0.05) is 18.5 Å². The van der Waals surface area contributed by atoms with Crippen molar-refractivity contribution in [1.29, 1.82) is 0 Å². The molecular formula is C19H21N3O3S. The van der Waals surface area contributed by atoms with Gasteiger partial charge in [-0.05, 0) is 37.1 Å². The van der Waals surface area contributed by atoms with E-state index in [1.54, 1.807) is 18.2 Å². The van der Waals surface area contributed by atoms with Gasteiger partial charge in [-0.25, -0.2) is 0 Å². The number of rotatable bonds is 5. The van der Waals surface area contributed by atoms with Crippen molar-refractivity contribution in [3.8, 4) is 0 Å². The molecule has 0 radical (unpaired) electrons. The van der Waals surface area contributed by atoms with Crippen molar-refractivity contribution < 1.29 is 13.2 Å². The fraction of sp³-hybridized carbons (Fsp3) is 0.263. The summed E-state index contributed by atoms with van der Waals surface area (Å²) < 4.78 is 28.3. The van der Waals surface area contributed by atoms with E-state index in [1.807, 2.05) is 38.1 Å². The van der Waals surface area contributed by atoms with Crippen molar-refractivity contribution in [1.82, 2.24) is 0 Å². The third kappa shape index (κ3) is 4.29. The molecule has 1 aliphatic rings. The van der Waals surface area contributed by atoms with Crippen LogP contribution in [0.4, 0.5) is 11.4 Å². The highest BCUT2D eigenvalue weighted by molar-refractivity contribution is 7.90. The normalized spacial score (nSPS) is 16.0. The molecule has 26 heavy (non-hydrogen) atoms. The van der Waals surface area contributed by atoms with Gasteiger partial charge in [0.05, 0.1) is 5.69 Å². The second-order valence-corrected chi connectivity index (χ2v) is 8.13. The number of amidine groups is 1. The van der Waals surface area contributed by atoms with E-state index in [-0.39, 0.29) is 23.1 Å². The third-order valence-corrected chi connectivity index (χ3v) is 5.46. The number of aryl methyl sites for hydroxylation is 1. The molecule has 1 atom stereocenters. The molecule has 6 nitrogen and oxygen atoms in total. The summed E-state index contributed by atoms with van der Waals surface area (Å²) in [6.45, 7) is 3.88. The molecule has 0 saturated carbocycles. The minimum absolute atomic E-state index is 0.0628. The maximum Gasteiger partial charge on any atom is 0.286 e. The van der Waals surface area contributed by atoms with Crippen molar-refractivity contribution in [3.05, 3.63) is 54.1 Å². The molecule has 1 aliphatic heterocycles. The molecule has 0 saturated heterocycles. The monoisotopic (exact) mass is 371 g/mol. The molecule has 3 rings (SSSR count). The predicted octanol–water partition coefficient (Wildman–Crippen LogP) is 3.56. The van der Waals surface area contributed by atoms with Gasteiger partial charge in [0.2, 0.25) is 5.91 Å². The molecule has 0 spiro atoms. The first-order valence-electron chi connectivity index (χ1n) is 8.40. The summed E-state index contributed by atoms with van der Waals surface area (Å²) in [5.41, 5.74) is 2.39. The minimum atomic E-state index is -3.69. The van der Waals surface area contributed by atoms with E-state index in [0.29, 0.717) is 17.9 Å². The van der Waals surface area contributed by atoms with Crippen LogP contribution in [-0.4, -0.2) is 20.2 Å². The van der Waals surface area contributed by atoms with E-state index in [4.69, 9.17) is 0 Å². The van der Waals surface area contributed by atoms with Crippen LogP contribution >= 0.6 is 0 Å².